The summed E-state index contributed by atoms with van der Waals surface area (Å²) >= 11 is 3.43. The van der Waals surface area contributed by atoms with Gasteiger partial charge >= 0.3 is 0 Å². The molecule has 0 spiro atoms. The van der Waals surface area contributed by atoms with E-state index in [1.54, 1.807) is 12.1 Å². The van der Waals surface area contributed by atoms with E-state index in [0.717, 1.165) is 15.6 Å². The molecule has 3 aromatic rings. The Bertz CT molecular complexity index is 737. The van der Waals surface area contributed by atoms with Gasteiger partial charge in [-0.25, -0.2) is 0 Å². The Morgan fingerprint density at radius 3 is 2.23 bits per heavy atom. The lowest BCUT2D eigenvalue weighted by Crippen LogP contribution is -2.29. The van der Waals surface area contributed by atoms with Crippen LogP contribution in [0.4, 0.5) is 0 Å². The molecule has 1 amide bonds. The quantitative estimate of drug-likeness (QED) is 0.745. The summed E-state index contributed by atoms with van der Waals surface area (Å²) in [4.78, 5) is 12.3. The van der Waals surface area contributed by atoms with E-state index in [2.05, 4.69) is 21.2 Å². The molecule has 0 saturated heterocycles. The number of carbonyl (C=O) groups excluding carboxylic acids is 1. The van der Waals surface area contributed by atoms with Gasteiger partial charge in [-0.1, -0.05) is 58.4 Å². The third kappa shape index (κ3) is 3.28. The van der Waals surface area contributed by atoms with Crippen LogP contribution in [0.3, 0.4) is 0 Å². The third-order valence-electron chi connectivity index (χ3n) is 3.36. The minimum atomic E-state index is -0.234. The largest absolute Gasteiger partial charge is 0.459 e. The molecule has 0 radical (unpaired) electrons. The predicted octanol–water partition coefficient (Wildman–Crippen LogP) is 4.56. The van der Waals surface area contributed by atoms with Crippen LogP contribution < -0.4 is 5.32 Å². The number of hydrogen-bond donors (Lipinski definition) is 1. The zero-order valence-electron chi connectivity index (χ0n) is 11.7. The van der Waals surface area contributed by atoms with Crippen molar-refractivity contribution in [3.05, 3.63) is 94.4 Å². The number of nitrogens with one attached hydrogen (secondary N) is 1. The Morgan fingerprint density at radius 2 is 1.59 bits per heavy atom. The van der Waals surface area contributed by atoms with E-state index in [1.165, 1.54) is 6.26 Å². The molecule has 0 aliphatic heterocycles. The molecule has 2 aromatic carbocycles. The lowest BCUT2D eigenvalue weighted by atomic mass is 9.98. The number of halogens is 1. The van der Waals surface area contributed by atoms with Crippen molar-refractivity contribution in [1.82, 2.24) is 5.32 Å². The first kappa shape index (κ1) is 14.6. The monoisotopic (exact) mass is 355 g/mol. The van der Waals surface area contributed by atoms with Crippen LogP contribution in [0.2, 0.25) is 0 Å². The van der Waals surface area contributed by atoms with Gasteiger partial charge < -0.3 is 9.73 Å². The molecule has 3 rings (SSSR count). The van der Waals surface area contributed by atoms with Crippen LogP contribution in [-0.4, -0.2) is 5.91 Å². The van der Waals surface area contributed by atoms with Crippen LogP contribution in [0.15, 0.2) is 81.9 Å². The molecule has 110 valence electrons. The SMILES string of the molecule is O=C(N[C@H](c1ccccc1)c1ccc(Br)cc1)c1ccco1. The number of carbonyl (C=O) groups is 1. The molecule has 0 saturated carbocycles. The van der Waals surface area contributed by atoms with Crippen molar-refractivity contribution in [2.24, 2.45) is 0 Å². The minimum Gasteiger partial charge on any atom is -0.459 e. The number of hydrogen-bond acceptors (Lipinski definition) is 2. The van der Waals surface area contributed by atoms with E-state index < -0.39 is 0 Å². The number of benzene rings is 2. The van der Waals surface area contributed by atoms with Gasteiger partial charge in [0.05, 0.1) is 12.3 Å². The van der Waals surface area contributed by atoms with E-state index in [9.17, 15) is 4.79 Å². The first-order valence-corrected chi connectivity index (χ1v) is 7.68. The van der Waals surface area contributed by atoms with E-state index >= 15 is 0 Å². The van der Waals surface area contributed by atoms with Crippen molar-refractivity contribution < 1.29 is 9.21 Å². The second-order valence-electron chi connectivity index (χ2n) is 4.85. The first-order valence-electron chi connectivity index (χ1n) is 6.89. The van der Waals surface area contributed by atoms with Crippen LogP contribution in [0.25, 0.3) is 0 Å². The highest BCUT2D eigenvalue weighted by molar-refractivity contribution is 9.10. The van der Waals surface area contributed by atoms with Gasteiger partial charge in [-0.05, 0) is 35.4 Å². The molecule has 0 aliphatic carbocycles. The van der Waals surface area contributed by atoms with Gasteiger partial charge in [-0.3, -0.25) is 4.79 Å². The maximum Gasteiger partial charge on any atom is 0.287 e. The molecule has 1 aromatic heterocycles. The number of rotatable bonds is 4. The van der Waals surface area contributed by atoms with Crippen LogP contribution >= 0.6 is 15.9 Å². The Hall–Kier alpha value is -2.33. The summed E-state index contributed by atoms with van der Waals surface area (Å²) in [5.41, 5.74) is 2.03. The summed E-state index contributed by atoms with van der Waals surface area (Å²) in [7, 11) is 0. The smallest absolute Gasteiger partial charge is 0.287 e. The Labute approximate surface area is 137 Å². The fourth-order valence-electron chi connectivity index (χ4n) is 2.27. The molecule has 1 N–H and O–H groups in total. The van der Waals surface area contributed by atoms with Crippen LogP contribution in [0.5, 0.6) is 0 Å². The van der Waals surface area contributed by atoms with Crippen LogP contribution in [0.1, 0.15) is 27.7 Å². The normalized spacial score (nSPS) is 11.9. The lowest BCUT2D eigenvalue weighted by molar-refractivity contribution is 0.0915. The van der Waals surface area contributed by atoms with E-state index in [0.29, 0.717) is 5.76 Å². The second-order valence-corrected chi connectivity index (χ2v) is 5.76. The highest BCUT2D eigenvalue weighted by atomic mass is 79.9. The topological polar surface area (TPSA) is 42.2 Å². The Kier molecular flexibility index (Phi) is 4.39. The zero-order valence-corrected chi connectivity index (χ0v) is 13.3. The molecule has 1 atom stereocenters. The molecule has 0 aliphatic rings. The van der Waals surface area contributed by atoms with Gasteiger partial charge in [0.25, 0.3) is 5.91 Å². The average Bonchev–Trinajstić information content (AvgIpc) is 3.09. The molecule has 0 unspecified atom stereocenters. The summed E-state index contributed by atoms with van der Waals surface area (Å²) in [6.07, 6.45) is 1.49. The molecular weight excluding hydrogens is 342 g/mol. The highest BCUT2D eigenvalue weighted by Gasteiger charge is 2.18. The van der Waals surface area contributed by atoms with Gasteiger partial charge in [0.15, 0.2) is 5.76 Å². The summed E-state index contributed by atoms with van der Waals surface area (Å²) in [6.45, 7) is 0. The molecule has 0 bridgehead atoms. The summed E-state index contributed by atoms with van der Waals surface area (Å²) in [6, 6.07) is 20.9. The third-order valence-corrected chi connectivity index (χ3v) is 3.89. The molecule has 0 fully saturated rings. The van der Waals surface area contributed by atoms with Crippen molar-refractivity contribution in [2.75, 3.05) is 0 Å². The highest BCUT2D eigenvalue weighted by Crippen LogP contribution is 2.24. The molecular formula is C18H14BrNO2. The fraction of sp³-hybridized carbons (Fsp3) is 0.0556. The summed E-state index contributed by atoms with van der Waals surface area (Å²) in [5.74, 6) is 0.0693. The predicted molar refractivity (Wildman–Crippen MR) is 88.6 cm³/mol. The summed E-state index contributed by atoms with van der Waals surface area (Å²) < 4.78 is 6.17. The molecule has 1 heterocycles. The van der Waals surface area contributed by atoms with Crippen molar-refractivity contribution in [3.8, 4) is 0 Å². The Morgan fingerprint density at radius 1 is 0.909 bits per heavy atom. The summed E-state index contributed by atoms with van der Waals surface area (Å²) in [5, 5.41) is 3.02. The van der Waals surface area contributed by atoms with Crippen LogP contribution in [0, 0.1) is 0 Å². The van der Waals surface area contributed by atoms with Crippen molar-refractivity contribution in [2.45, 2.75) is 6.04 Å². The molecule has 22 heavy (non-hydrogen) atoms. The van der Waals surface area contributed by atoms with Gasteiger partial charge in [-0.15, -0.1) is 0 Å². The van der Waals surface area contributed by atoms with Crippen molar-refractivity contribution >= 4 is 21.8 Å². The number of furan rings is 1. The van der Waals surface area contributed by atoms with E-state index in [1.807, 2.05) is 54.6 Å². The first-order chi connectivity index (χ1) is 10.7. The lowest BCUT2D eigenvalue weighted by Gasteiger charge is -2.19. The van der Waals surface area contributed by atoms with Crippen molar-refractivity contribution in [3.63, 3.8) is 0 Å². The second kappa shape index (κ2) is 6.62. The van der Waals surface area contributed by atoms with Gasteiger partial charge in [0.1, 0.15) is 0 Å². The fourth-order valence-corrected chi connectivity index (χ4v) is 2.53. The van der Waals surface area contributed by atoms with Gasteiger partial charge in [0, 0.05) is 4.47 Å². The maximum absolute atomic E-state index is 12.3. The minimum absolute atomic E-state index is 0.230. The van der Waals surface area contributed by atoms with Gasteiger partial charge in [0.2, 0.25) is 0 Å². The number of amides is 1. The van der Waals surface area contributed by atoms with E-state index in [-0.39, 0.29) is 11.9 Å². The zero-order chi connectivity index (χ0) is 15.4. The average molecular weight is 356 g/mol. The van der Waals surface area contributed by atoms with Crippen molar-refractivity contribution in [1.29, 1.82) is 0 Å². The molecule has 4 heteroatoms. The van der Waals surface area contributed by atoms with Crippen LogP contribution in [-0.2, 0) is 0 Å². The van der Waals surface area contributed by atoms with E-state index in [4.69, 9.17) is 4.42 Å². The maximum atomic E-state index is 12.3. The standard InChI is InChI=1S/C18H14BrNO2/c19-15-10-8-14(9-11-15)17(13-5-2-1-3-6-13)20-18(21)16-7-4-12-22-16/h1-12,17H,(H,20,21)/t17-/m1/s1. The Balaban J connectivity index is 1.93. The van der Waals surface area contributed by atoms with Gasteiger partial charge in [-0.2, -0.15) is 0 Å². The molecule has 3 nitrogen and oxygen atoms in total.